The number of para-hydroxylation sites is 1. The minimum absolute atomic E-state index is 0.00643. The minimum atomic E-state index is -3.93. The van der Waals surface area contributed by atoms with E-state index in [4.69, 9.17) is 27.9 Å². The Hall–Kier alpha value is -3.68. The van der Waals surface area contributed by atoms with Gasteiger partial charge < -0.3 is 15.4 Å². The van der Waals surface area contributed by atoms with Crippen LogP contribution in [0.4, 0.5) is 16.2 Å². The minimum Gasteiger partial charge on any atom is -0.455 e. The molecular weight excluding hydrogens is 587 g/mol. The smallest absolute Gasteiger partial charge is 0.319 e. The molecule has 0 saturated carbocycles. The van der Waals surface area contributed by atoms with Gasteiger partial charge in [-0.15, -0.1) is 11.3 Å². The number of halogens is 2. The SMILES string of the molecule is O=C(NCCNS(=O)(=O)c1sccc1-c1ccccc1Oc1ccc(Cl)cc1Cl)Nc1ccc([N+](=O)[O-])cc1. The summed E-state index contributed by atoms with van der Waals surface area (Å²) in [5, 5.41) is 18.2. The number of nitro benzene ring substituents is 1. The van der Waals surface area contributed by atoms with Crippen LogP contribution in [0, 0.1) is 10.1 Å². The van der Waals surface area contributed by atoms with Gasteiger partial charge >= 0.3 is 6.03 Å². The first-order valence-electron chi connectivity index (χ1n) is 11.2. The molecule has 39 heavy (non-hydrogen) atoms. The van der Waals surface area contributed by atoms with Gasteiger partial charge in [0.05, 0.1) is 9.95 Å². The maximum absolute atomic E-state index is 13.1. The molecule has 0 atom stereocenters. The second kappa shape index (κ2) is 12.5. The topological polar surface area (TPSA) is 140 Å². The van der Waals surface area contributed by atoms with Crippen LogP contribution in [0.3, 0.4) is 0 Å². The summed E-state index contributed by atoms with van der Waals surface area (Å²) in [7, 11) is -3.93. The molecule has 1 aromatic heterocycles. The Morgan fingerprint density at radius 3 is 2.41 bits per heavy atom. The molecule has 10 nitrogen and oxygen atoms in total. The lowest BCUT2D eigenvalue weighted by molar-refractivity contribution is -0.384. The van der Waals surface area contributed by atoms with Crippen LogP contribution in [0.25, 0.3) is 11.1 Å². The van der Waals surface area contributed by atoms with Crippen LogP contribution < -0.4 is 20.1 Å². The summed E-state index contributed by atoms with van der Waals surface area (Å²) in [5.74, 6) is 0.769. The maximum atomic E-state index is 13.1. The number of benzene rings is 3. The first-order chi connectivity index (χ1) is 18.6. The van der Waals surface area contributed by atoms with E-state index in [0.29, 0.717) is 38.4 Å². The fourth-order valence-electron chi connectivity index (χ4n) is 3.43. The number of anilines is 1. The fourth-order valence-corrected chi connectivity index (χ4v) is 6.33. The second-order valence-corrected chi connectivity index (χ2v) is 11.6. The van der Waals surface area contributed by atoms with Crippen molar-refractivity contribution < 1.29 is 22.9 Å². The zero-order valence-electron chi connectivity index (χ0n) is 19.9. The molecule has 4 aromatic rings. The third kappa shape index (κ3) is 7.25. The molecule has 0 aliphatic carbocycles. The monoisotopic (exact) mass is 606 g/mol. The summed E-state index contributed by atoms with van der Waals surface area (Å²) in [6.07, 6.45) is 0. The molecule has 3 N–H and O–H groups in total. The first-order valence-corrected chi connectivity index (χ1v) is 14.3. The lowest BCUT2D eigenvalue weighted by Crippen LogP contribution is -2.36. The summed E-state index contributed by atoms with van der Waals surface area (Å²) in [4.78, 5) is 22.3. The quantitative estimate of drug-likeness (QED) is 0.107. The molecule has 0 aliphatic heterocycles. The zero-order valence-corrected chi connectivity index (χ0v) is 23.0. The fraction of sp³-hybridized carbons (Fsp3) is 0.0800. The van der Waals surface area contributed by atoms with Crippen molar-refractivity contribution in [2.75, 3.05) is 18.4 Å². The molecule has 3 aromatic carbocycles. The molecule has 0 unspecified atom stereocenters. The highest BCUT2D eigenvalue weighted by molar-refractivity contribution is 7.91. The number of carbonyl (C=O) groups is 1. The summed E-state index contributed by atoms with van der Waals surface area (Å²) < 4.78 is 34.8. The van der Waals surface area contributed by atoms with Crippen LogP contribution in [0.1, 0.15) is 0 Å². The number of hydrogen-bond donors (Lipinski definition) is 3. The number of nitrogens with zero attached hydrogens (tertiary/aromatic N) is 1. The predicted molar refractivity (Wildman–Crippen MR) is 152 cm³/mol. The molecule has 202 valence electrons. The molecule has 0 bridgehead atoms. The first kappa shape index (κ1) is 28.3. The van der Waals surface area contributed by atoms with Crippen molar-refractivity contribution in [3.05, 3.63) is 98.3 Å². The van der Waals surface area contributed by atoms with Gasteiger partial charge in [0.25, 0.3) is 15.7 Å². The van der Waals surface area contributed by atoms with Crippen molar-refractivity contribution in [1.29, 1.82) is 0 Å². The number of non-ortho nitro benzene ring substituents is 1. The number of sulfonamides is 1. The van der Waals surface area contributed by atoms with Crippen LogP contribution >= 0.6 is 34.5 Å². The van der Waals surface area contributed by atoms with Crippen molar-refractivity contribution in [1.82, 2.24) is 10.0 Å². The number of amides is 2. The van der Waals surface area contributed by atoms with Crippen molar-refractivity contribution in [3.63, 3.8) is 0 Å². The van der Waals surface area contributed by atoms with Crippen molar-refractivity contribution in [2.24, 2.45) is 0 Å². The number of thiophene rings is 1. The number of carbonyl (C=O) groups excluding carboxylic acids is 1. The zero-order chi connectivity index (χ0) is 28.0. The van der Waals surface area contributed by atoms with Crippen molar-refractivity contribution >= 4 is 62.0 Å². The van der Waals surface area contributed by atoms with E-state index in [0.717, 1.165) is 11.3 Å². The largest absolute Gasteiger partial charge is 0.455 e. The lowest BCUT2D eigenvalue weighted by Gasteiger charge is -2.14. The third-order valence-corrected chi connectivity index (χ3v) is 8.68. The Labute approximate surface area is 237 Å². The van der Waals surface area contributed by atoms with Gasteiger partial charge in [-0.2, -0.15) is 0 Å². The van der Waals surface area contributed by atoms with Gasteiger partial charge in [-0.3, -0.25) is 10.1 Å². The van der Waals surface area contributed by atoms with Gasteiger partial charge in [0.1, 0.15) is 15.7 Å². The molecule has 0 aliphatic rings. The molecule has 1 heterocycles. The number of urea groups is 1. The highest BCUT2D eigenvalue weighted by atomic mass is 35.5. The molecule has 14 heteroatoms. The van der Waals surface area contributed by atoms with Gasteiger partial charge in [-0.1, -0.05) is 41.4 Å². The molecule has 0 spiro atoms. The van der Waals surface area contributed by atoms with Gasteiger partial charge in [0, 0.05) is 47.1 Å². The van der Waals surface area contributed by atoms with E-state index < -0.39 is 21.0 Å². The Morgan fingerprint density at radius 2 is 1.69 bits per heavy atom. The number of nitro groups is 1. The third-order valence-electron chi connectivity index (χ3n) is 5.20. The lowest BCUT2D eigenvalue weighted by atomic mass is 10.1. The van der Waals surface area contributed by atoms with Crippen molar-refractivity contribution in [2.45, 2.75) is 4.21 Å². The Bertz CT molecular complexity index is 1610. The maximum Gasteiger partial charge on any atom is 0.319 e. The summed E-state index contributed by atoms with van der Waals surface area (Å²) in [5.41, 5.74) is 1.23. The van der Waals surface area contributed by atoms with Gasteiger partial charge in [-0.25, -0.2) is 17.9 Å². The predicted octanol–water partition coefficient (Wildman–Crippen LogP) is 6.52. The highest BCUT2D eigenvalue weighted by Crippen LogP contribution is 2.40. The Kier molecular flexibility index (Phi) is 9.04. The van der Waals surface area contributed by atoms with Crippen LogP contribution in [0.5, 0.6) is 11.5 Å². The normalized spacial score (nSPS) is 11.1. The van der Waals surface area contributed by atoms with Gasteiger partial charge in [-0.05, 0) is 47.8 Å². The number of ether oxygens (including phenoxy) is 1. The summed E-state index contributed by atoms with van der Waals surface area (Å²) in [6.45, 7) is -0.0839. The number of rotatable bonds is 10. The Morgan fingerprint density at radius 1 is 0.949 bits per heavy atom. The molecule has 0 fully saturated rings. The number of hydrogen-bond acceptors (Lipinski definition) is 7. The number of nitrogens with one attached hydrogen (secondary N) is 3. The van der Waals surface area contributed by atoms with Crippen LogP contribution in [-0.2, 0) is 10.0 Å². The van der Waals surface area contributed by atoms with Gasteiger partial charge in [0.2, 0.25) is 0 Å². The summed E-state index contributed by atoms with van der Waals surface area (Å²) in [6, 6.07) is 18.2. The molecular formula is C25H20Cl2N4O6S2. The van der Waals surface area contributed by atoms with E-state index >= 15 is 0 Å². The van der Waals surface area contributed by atoms with E-state index in [1.165, 1.54) is 24.3 Å². The second-order valence-electron chi connectivity index (χ2n) is 7.88. The van der Waals surface area contributed by atoms with E-state index in [1.54, 1.807) is 53.9 Å². The van der Waals surface area contributed by atoms with Crippen molar-refractivity contribution in [3.8, 4) is 22.6 Å². The average molecular weight is 607 g/mol. The molecule has 4 rings (SSSR count). The van der Waals surface area contributed by atoms with Crippen LogP contribution in [-0.4, -0.2) is 32.5 Å². The standard InChI is InChI=1S/C25H20Cl2N4O6S2/c26-16-5-10-23(21(27)15-16)37-22-4-2-1-3-19(22)20-11-14-38-24(20)39(35,36)29-13-12-28-25(32)30-17-6-8-18(9-7-17)31(33)34/h1-11,14-15,29H,12-13H2,(H2,28,30,32). The average Bonchev–Trinajstić information content (AvgIpc) is 3.40. The van der Waals surface area contributed by atoms with Crippen LogP contribution in [0.2, 0.25) is 10.0 Å². The molecule has 0 saturated heterocycles. The van der Waals surface area contributed by atoms with Gasteiger partial charge in [0.15, 0.2) is 0 Å². The van der Waals surface area contributed by atoms with Crippen LogP contribution in [0.15, 0.2) is 82.4 Å². The summed E-state index contributed by atoms with van der Waals surface area (Å²) >= 11 is 13.3. The van der Waals surface area contributed by atoms with E-state index in [9.17, 15) is 23.3 Å². The van der Waals surface area contributed by atoms with E-state index in [2.05, 4.69) is 15.4 Å². The van der Waals surface area contributed by atoms with E-state index in [1.807, 2.05) is 0 Å². The van der Waals surface area contributed by atoms with E-state index in [-0.39, 0.29) is 23.0 Å². The highest BCUT2D eigenvalue weighted by Gasteiger charge is 2.23. The Balaban J connectivity index is 1.39. The molecule has 2 amide bonds. The molecule has 0 radical (unpaired) electrons.